The highest BCUT2D eigenvalue weighted by Crippen LogP contribution is 2.50. The number of nitrogens with one attached hydrogen (secondary N) is 2. The molecule has 1 aromatic carbocycles. The minimum absolute atomic E-state index is 0.166. The van der Waals surface area contributed by atoms with Crippen LogP contribution < -0.4 is 10.6 Å². The van der Waals surface area contributed by atoms with Gasteiger partial charge in [-0.25, -0.2) is 0 Å². The van der Waals surface area contributed by atoms with Gasteiger partial charge in [-0.2, -0.15) is 0 Å². The summed E-state index contributed by atoms with van der Waals surface area (Å²) in [6, 6.07) is 12.1. The van der Waals surface area contributed by atoms with Crippen LogP contribution in [0.25, 0.3) is 6.08 Å². The molecule has 1 aliphatic heterocycles. The van der Waals surface area contributed by atoms with Gasteiger partial charge < -0.3 is 10.6 Å². The second-order valence-corrected chi connectivity index (χ2v) is 8.80. The summed E-state index contributed by atoms with van der Waals surface area (Å²) in [6.07, 6.45) is 7.39. The van der Waals surface area contributed by atoms with Crippen LogP contribution in [0.1, 0.15) is 45.1 Å². The van der Waals surface area contributed by atoms with Crippen molar-refractivity contribution in [2.75, 3.05) is 26.2 Å². The maximum Gasteiger partial charge on any atom is 0.234 e. The van der Waals surface area contributed by atoms with Crippen LogP contribution in [-0.4, -0.2) is 49.1 Å². The summed E-state index contributed by atoms with van der Waals surface area (Å²) >= 11 is 0. The minimum atomic E-state index is 0.166. The molecule has 0 bridgehead atoms. The van der Waals surface area contributed by atoms with E-state index < -0.39 is 0 Å². The molecular weight excluding hydrogens is 334 g/mol. The Bertz CT molecular complexity index is 685. The summed E-state index contributed by atoms with van der Waals surface area (Å²) in [5, 5.41) is 6.79. The maximum absolute atomic E-state index is 11.7. The van der Waals surface area contributed by atoms with Crippen molar-refractivity contribution in [2.24, 2.45) is 11.3 Å². The van der Waals surface area contributed by atoms with Gasteiger partial charge in [-0.3, -0.25) is 9.69 Å². The molecule has 2 atom stereocenters. The van der Waals surface area contributed by atoms with E-state index in [2.05, 4.69) is 58.9 Å². The van der Waals surface area contributed by atoms with Gasteiger partial charge in [0.25, 0.3) is 0 Å². The lowest BCUT2D eigenvalue weighted by Crippen LogP contribution is -2.67. The molecule has 1 amide bonds. The number of amides is 1. The Labute approximate surface area is 163 Å². The normalized spacial score (nSPS) is 27.1. The molecule has 1 heterocycles. The molecule has 146 valence electrons. The fourth-order valence-electron chi connectivity index (χ4n) is 5.16. The highest BCUT2D eigenvalue weighted by molar-refractivity contribution is 5.78. The predicted molar refractivity (Wildman–Crippen MR) is 110 cm³/mol. The molecular formula is C23H33N3O. The Kier molecular flexibility index (Phi) is 5.38. The first-order chi connectivity index (χ1) is 13.1. The van der Waals surface area contributed by atoms with Crippen molar-refractivity contribution >= 4 is 12.0 Å². The standard InChI is InChI=1S/C23H33N3O/c1-3-18(10-17-8-6-5-7-9-17)20-11-21(20)25-19-12-23(13-19)15-26(16-23)14-22(27)24-4-2/h5-10,19-21,25H,3-4,11-16H2,1-2H3,(H,24,27)/b18-10+/t20-,21+/m0/s1. The Morgan fingerprint density at radius 3 is 2.63 bits per heavy atom. The number of rotatable bonds is 8. The van der Waals surface area contributed by atoms with Gasteiger partial charge in [-0.05, 0) is 49.5 Å². The number of carbonyl (C=O) groups is 1. The van der Waals surface area contributed by atoms with E-state index in [0.29, 0.717) is 24.0 Å². The van der Waals surface area contributed by atoms with Crippen molar-refractivity contribution in [3.8, 4) is 0 Å². The summed E-state index contributed by atoms with van der Waals surface area (Å²) in [7, 11) is 0. The molecule has 3 fully saturated rings. The number of nitrogens with zero attached hydrogens (tertiary/aromatic N) is 1. The van der Waals surface area contributed by atoms with Gasteiger partial charge in [0.05, 0.1) is 6.54 Å². The topological polar surface area (TPSA) is 44.4 Å². The zero-order valence-corrected chi connectivity index (χ0v) is 16.7. The van der Waals surface area contributed by atoms with E-state index in [1.165, 1.54) is 24.8 Å². The average Bonchev–Trinajstić information content (AvgIpc) is 3.36. The molecule has 0 radical (unpaired) electrons. The monoisotopic (exact) mass is 367 g/mol. The largest absolute Gasteiger partial charge is 0.355 e. The van der Waals surface area contributed by atoms with Crippen molar-refractivity contribution in [3.63, 3.8) is 0 Å². The number of hydrogen-bond acceptors (Lipinski definition) is 3. The fraction of sp³-hybridized carbons (Fsp3) is 0.609. The first kappa shape index (κ1) is 18.7. The van der Waals surface area contributed by atoms with Crippen LogP contribution in [0.3, 0.4) is 0 Å². The van der Waals surface area contributed by atoms with Gasteiger partial charge in [-0.15, -0.1) is 0 Å². The molecule has 4 rings (SSSR count). The van der Waals surface area contributed by atoms with Crippen LogP contribution in [0, 0.1) is 11.3 Å². The zero-order chi connectivity index (χ0) is 18.9. The van der Waals surface area contributed by atoms with Crippen LogP contribution in [0.5, 0.6) is 0 Å². The number of hydrogen-bond donors (Lipinski definition) is 2. The second kappa shape index (κ2) is 7.76. The summed E-state index contributed by atoms with van der Waals surface area (Å²) in [4.78, 5) is 14.0. The Balaban J connectivity index is 1.19. The van der Waals surface area contributed by atoms with Gasteiger partial charge in [0.15, 0.2) is 0 Å². The highest BCUT2D eigenvalue weighted by atomic mass is 16.2. The van der Waals surface area contributed by atoms with Crippen molar-refractivity contribution in [2.45, 2.75) is 51.6 Å². The van der Waals surface area contributed by atoms with Crippen LogP contribution in [0.15, 0.2) is 35.9 Å². The molecule has 27 heavy (non-hydrogen) atoms. The van der Waals surface area contributed by atoms with Crippen LogP contribution >= 0.6 is 0 Å². The number of likely N-dealkylation sites (tertiary alicyclic amines) is 1. The summed E-state index contributed by atoms with van der Waals surface area (Å²) in [5.74, 6) is 0.891. The fourth-order valence-corrected chi connectivity index (χ4v) is 5.16. The van der Waals surface area contributed by atoms with E-state index in [-0.39, 0.29) is 5.91 Å². The van der Waals surface area contributed by atoms with Gasteiger partial charge in [0.1, 0.15) is 0 Å². The van der Waals surface area contributed by atoms with E-state index in [9.17, 15) is 4.79 Å². The Morgan fingerprint density at radius 2 is 1.96 bits per heavy atom. The molecule has 2 saturated carbocycles. The molecule has 4 nitrogen and oxygen atoms in total. The van der Waals surface area contributed by atoms with E-state index in [1.807, 2.05) is 6.92 Å². The molecule has 3 aliphatic rings. The molecule has 4 heteroatoms. The smallest absolute Gasteiger partial charge is 0.234 e. The molecule has 0 aromatic heterocycles. The van der Waals surface area contributed by atoms with Gasteiger partial charge in [-0.1, -0.05) is 48.9 Å². The summed E-state index contributed by atoms with van der Waals surface area (Å²) in [5.41, 5.74) is 3.41. The van der Waals surface area contributed by atoms with Gasteiger partial charge in [0.2, 0.25) is 5.91 Å². The van der Waals surface area contributed by atoms with E-state index in [0.717, 1.165) is 32.0 Å². The van der Waals surface area contributed by atoms with E-state index in [4.69, 9.17) is 0 Å². The number of benzene rings is 1. The molecule has 1 saturated heterocycles. The third-order valence-corrected chi connectivity index (χ3v) is 6.49. The lowest BCUT2D eigenvalue weighted by atomic mass is 9.60. The Morgan fingerprint density at radius 1 is 1.22 bits per heavy atom. The number of carbonyl (C=O) groups excluding carboxylic acids is 1. The van der Waals surface area contributed by atoms with Gasteiger partial charge in [0, 0.05) is 31.7 Å². The highest BCUT2D eigenvalue weighted by Gasteiger charge is 2.54. The first-order valence-corrected chi connectivity index (χ1v) is 10.6. The van der Waals surface area contributed by atoms with Gasteiger partial charge >= 0.3 is 0 Å². The average molecular weight is 368 g/mol. The molecule has 0 unspecified atom stereocenters. The molecule has 2 N–H and O–H groups in total. The lowest BCUT2D eigenvalue weighted by molar-refractivity contribution is -0.130. The van der Waals surface area contributed by atoms with Crippen molar-refractivity contribution in [3.05, 3.63) is 41.5 Å². The first-order valence-electron chi connectivity index (χ1n) is 10.6. The summed E-state index contributed by atoms with van der Waals surface area (Å²) in [6.45, 7) is 7.75. The number of likely N-dealkylation sites (N-methyl/N-ethyl adjacent to an activating group) is 1. The Hall–Kier alpha value is -1.65. The minimum Gasteiger partial charge on any atom is -0.355 e. The summed E-state index contributed by atoms with van der Waals surface area (Å²) < 4.78 is 0. The van der Waals surface area contributed by atoms with Crippen LogP contribution in [-0.2, 0) is 4.79 Å². The zero-order valence-electron chi connectivity index (χ0n) is 16.7. The van der Waals surface area contributed by atoms with Crippen molar-refractivity contribution < 1.29 is 4.79 Å². The third-order valence-electron chi connectivity index (χ3n) is 6.49. The second-order valence-electron chi connectivity index (χ2n) is 8.80. The predicted octanol–water partition coefficient (Wildman–Crippen LogP) is 3.06. The SMILES string of the molecule is CCNC(=O)CN1CC2(CC(N[C@@H]3C[C@H]3/C(=C/c3ccccc3)CC)C2)C1. The maximum atomic E-state index is 11.7. The lowest BCUT2D eigenvalue weighted by Gasteiger charge is -2.59. The molecule has 1 spiro atoms. The quantitative estimate of drug-likeness (QED) is 0.742. The molecule has 1 aromatic rings. The van der Waals surface area contributed by atoms with E-state index in [1.54, 1.807) is 5.57 Å². The third kappa shape index (κ3) is 4.27. The molecule has 2 aliphatic carbocycles. The van der Waals surface area contributed by atoms with Crippen molar-refractivity contribution in [1.82, 2.24) is 15.5 Å². The van der Waals surface area contributed by atoms with Crippen molar-refractivity contribution in [1.29, 1.82) is 0 Å². The van der Waals surface area contributed by atoms with Crippen LogP contribution in [0.4, 0.5) is 0 Å². The van der Waals surface area contributed by atoms with Crippen LogP contribution in [0.2, 0.25) is 0 Å². The van der Waals surface area contributed by atoms with E-state index >= 15 is 0 Å².